The van der Waals surface area contributed by atoms with Gasteiger partial charge < -0.3 is 10.2 Å². The summed E-state index contributed by atoms with van der Waals surface area (Å²) in [4.78, 5) is 5.39. The summed E-state index contributed by atoms with van der Waals surface area (Å²) in [7, 11) is -4.93. The molecule has 0 saturated carbocycles. The first-order chi connectivity index (χ1) is 26.9. The highest BCUT2D eigenvalue weighted by Gasteiger charge is 2.50. The number of rotatable bonds is 11. The van der Waals surface area contributed by atoms with Crippen LogP contribution in [0.25, 0.3) is 0 Å². The Morgan fingerprint density at radius 1 is 0.375 bits per heavy atom. The number of nitrogens with zero attached hydrogens (tertiary/aromatic N) is 1. The molecule has 0 fully saturated rings. The third-order valence-electron chi connectivity index (χ3n) is 11.4. The minimum atomic E-state index is -2.49. The molecule has 0 radical (unpaired) electrons. The molecule has 0 aliphatic carbocycles. The van der Waals surface area contributed by atoms with E-state index in [0.29, 0.717) is 23.6 Å². The molecule has 0 bridgehead atoms. The molecule has 2 N–H and O–H groups in total. The maximum absolute atomic E-state index is 11.9. The van der Waals surface area contributed by atoms with E-state index in [0.717, 1.165) is 11.3 Å². The molecule has 7 aromatic rings. The molecule has 5 heteroatoms. The number of hydrogen-bond donors (Lipinski definition) is 2. The number of aromatic nitrogens is 1. The summed E-state index contributed by atoms with van der Waals surface area (Å²) in [6, 6.07) is 54.3. The average molecular weight is 774 g/mol. The van der Waals surface area contributed by atoms with Crippen LogP contribution in [0.1, 0.15) is 55.9 Å². The van der Waals surface area contributed by atoms with Crippen molar-refractivity contribution in [2.24, 2.45) is 0 Å². The van der Waals surface area contributed by atoms with Crippen LogP contribution in [0.2, 0.25) is 0 Å². The lowest BCUT2D eigenvalue weighted by Gasteiger charge is -2.32. The Bertz CT molecular complexity index is 2210. The smallest absolute Gasteiger partial charge is 0.142 e. The zero-order valence-corrected chi connectivity index (χ0v) is 35.5. The van der Waals surface area contributed by atoms with Gasteiger partial charge in [-0.1, -0.05) is 106 Å². The van der Waals surface area contributed by atoms with Crippen LogP contribution in [-0.4, -0.2) is 15.2 Å². The number of aryl methyl sites for hydroxylation is 7. The summed E-state index contributed by atoms with van der Waals surface area (Å²) in [6.07, 6.45) is 1.21. The molecule has 282 valence electrons. The average Bonchev–Trinajstić information content (AvgIpc) is 3.20. The van der Waals surface area contributed by atoms with Gasteiger partial charge in [-0.2, -0.15) is 0 Å². The van der Waals surface area contributed by atoms with Gasteiger partial charge in [0.2, 0.25) is 0 Å². The first-order valence-electron chi connectivity index (χ1n) is 19.5. The highest BCUT2D eigenvalue weighted by molar-refractivity contribution is 7.95. The van der Waals surface area contributed by atoms with E-state index >= 15 is 0 Å². The summed E-state index contributed by atoms with van der Waals surface area (Å²) in [5, 5.41) is 30.8. The molecule has 6 aromatic carbocycles. The maximum Gasteiger partial charge on any atom is 0.142 e. The maximum atomic E-state index is 11.9. The molecule has 1 heterocycles. The number of aliphatic hydroxyl groups is 1. The molecule has 0 saturated heterocycles. The van der Waals surface area contributed by atoms with Crippen molar-refractivity contribution in [3.05, 3.63) is 201 Å². The number of aliphatic hydroxyl groups excluding tert-OH is 1. The highest BCUT2D eigenvalue weighted by atomic mass is 31.2. The summed E-state index contributed by atoms with van der Waals surface area (Å²) < 4.78 is 0. The normalized spacial score (nSPS) is 11.9. The van der Waals surface area contributed by atoms with Gasteiger partial charge in [-0.05, 0) is 121 Å². The molecule has 7 rings (SSSR count). The van der Waals surface area contributed by atoms with Crippen LogP contribution in [0.4, 0.5) is 0 Å². The molecule has 0 unspecified atom stereocenters. The predicted octanol–water partition coefficient (Wildman–Crippen LogP) is 9.43. The fraction of sp³-hybridized carbons (Fsp3) is 0.196. The summed E-state index contributed by atoms with van der Waals surface area (Å²) in [5.74, 6) is 0.0750. The molecule has 0 aliphatic heterocycles. The molecular weight excluding hydrogens is 721 g/mol. The van der Waals surface area contributed by atoms with Crippen LogP contribution in [0.5, 0.6) is 5.75 Å². The Morgan fingerprint density at radius 3 is 0.875 bits per heavy atom. The SMILES string of the molecule is Cc1ccc([P+](Cc2nc(C)c(O)c(CO)c2C[P+](c2ccc(C)cc2)(c2ccc(C)cc2)c2ccc(C)cc2)(c2ccc(C)cc2)c2ccc(C)cc2)cc1. The van der Waals surface area contributed by atoms with E-state index in [1.165, 1.54) is 65.2 Å². The summed E-state index contributed by atoms with van der Waals surface area (Å²) >= 11 is 0. The van der Waals surface area contributed by atoms with E-state index < -0.39 is 14.5 Å². The Labute approximate surface area is 334 Å². The highest BCUT2D eigenvalue weighted by Crippen LogP contribution is 2.62. The van der Waals surface area contributed by atoms with Gasteiger partial charge in [0.1, 0.15) is 64.4 Å². The number of benzene rings is 6. The molecule has 0 aliphatic rings. The van der Waals surface area contributed by atoms with Crippen molar-refractivity contribution >= 4 is 46.4 Å². The lowest BCUT2D eigenvalue weighted by atomic mass is 10.1. The van der Waals surface area contributed by atoms with E-state index in [1.807, 2.05) is 6.92 Å². The zero-order valence-electron chi connectivity index (χ0n) is 33.7. The molecule has 0 amide bonds. The first-order valence-corrected chi connectivity index (χ1v) is 23.4. The van der Waals surface area contributed by atoms with Crippen LogP contribution in [0, 0.1) is 48.5 Å². The van der Waals surface area contributed by atoms with Gasteiger partial charge in [-0.25, -0.2) is 4.98 Å². The third kappa shape index (κ3) is 7.49. The van der Waals surface area contributed by atoms with Crippen LogP contribution in [0.3, 0.4) is 0 Å². The largest absolute Gasteiger partial charge is 0.506 e. The molecule has 0 atom stereocenters. The van der Waals surface area contributed by atoms with Crippen LogP contribution < -0.4 is 31.8 Å². The van der Waals surface area contributed by atoms with Crippen molar-refractivity contribution in [2.45, 2.75) is 67.4 Å². The summed E-state index contributed by atoms with van der Waals surface area (Å²) in [6.45, 7) is 14.4. The van der Waals surface area contributed by atoms with Crippen molar-refractivity contribution < 1.29 is 10.2 Å². The van der Waals surface area contributed by atoms with E-state index in [9.17, 15) is 10.2 Å². The minimum absolute atomic E-state index is 0.0750. The molecule has 1 aromatic heterocycles. The van der Waals surface area contributed by atoms with Crippen LogP contribution in [-0.2, 0) is 18.9 Å². The topological polar surface area (TPSA) is 53.4 Å². The quantitative estimate of drug-likeness (QED) is 0.129. The van der Waals surface area contributed by atoms with Gasteiger partial charge in [0.25, 0.3) is 0 Å². The van der Waals surface area contributed by atoms with Gasteiger partial charge >= 0.3 is 0 Å². The van der Waals surface area contributed by atoms with Crippen molar-refractivity contribution in [1.82, 2.24) is 4.98 Å². The second-order valence-electron chi connectivity index (χ2n) is 15.6. The minimum Gasteiger partial charge on any atom is -0.506 e. The Kier molecular flexibility index (Phi) is 11.4. The standard InChI is InChI=1S/C51H52NO2P2/c1-35-8-20-42(21-9-35)55(43-22-10-36(2)11-23-43,44-24-12-37(3)13-25-44)33-49-48(32-53)51(54)41(7)52-50(49)34-56(45-26-14-38(4)15-27-45,46-28-16-39(5)17-29-46)47-30-18-40(6)19-31-47/h8-31,53H,32-34H2,1-7H3/q+1/p+1. The molecule has 3 nitrogen and oxygen atoms in total. The van der Waals surface area contributed by atoms with E-state index in [4.69, 9.17) is 4.98 Å². The van der Waals surface area contributed by atoms with E-state index in [1.54, 1.807) is 0 Å². The van der Waals surface area contributed by atoms with Gasteiger partial charge in [-0.3, -0.25) is 0 Å². The summed E-state index contributed by atoms with van der Waals surface area (Å²) in [5.41, 5.74) is 10.2. The number of pyridine rings is 1. The van der Waals surface area contributed by atoms with Gasteiger partial charge in [-0.15, -0.1) is 0 Å². The second kappa shape index (κ2) is 16.3. The Morgan fingerprint density at radius 2 is 0.625 bits per heavy atom. The van der Waals surface area contributed by atoms with E-state index in [-0.39, 0.29) is 12.4 Å². The van der Waals surface area contributed by atoms with Gasteiger partial charge in [0.15, 0.2) is 0 Å². The zero-order chi connectivity index (χ0) is 39.6. The van der Waals surface area contributed by atoms with Gasteiger partial charge in [0.05, 0.1) is 18.0 Å². The molecule has 56 heavy (non-hydrogen) atoms. The van der Waals surface area contributed by atoms with Crippen molar-refractivity contribution in [1.29, 1.82) is 0 Å². The second-order valence-corrected chi connectivity index (χ2v) is 22.5. The Balaban J connectivity index is 1.58. The van der Waals surface area contributed by atoms with Crippen molar-refractivity contribution in [2.75, 3.05) is 0 Å². The predicted molar refractivity (Wildman–Crippen MR) is 243 cm³/mol. The number of hydrogen-bond acceptors (Lipinski definition) is 3. The van der Waals surface area contributed by atoms with Crippen molar-refractivity contribution in [3.8, 4) is 5.75 Å². The molecular formula is C51H53NO2P2+2. The van der Waals surface area contributed by atoms with E-state index in [2.05, 4.69) is 187 Å². The van der Waals surface area contributed by atoms with Gasteiger partial charge in [0, 0.05) is 11.1 Å². The lowest BCUT2D eigenvalue weighted by Crippen LogP contribution is -2.35. The first kappa shape index (κ1) is 39.3. The van der Waals surface area contributed by atoms with Crippen molar-refractivity contribution in [3.63, 3.8) is 0 Å². The van der Waals surface area contributed by atoms with Crippen LogP contribution >= 0.6 is 14.5 Å². The fourth-order valence-corrected chi connectivity index (χ4v) is 16.4. The Hall–Kier alpha value is -4.91. The third-order valence-corrected chi connectivity index (χ3v) is 20.1. The fourth-order valence-electron chi connectivity index (χ4n) is 8.05. The monoisotopic (exact) mass is 773 g/mol. The molecule has 0 spiro atoms. The number of aromatic hydroxyl groups is 1. The van der Waals surface area contributed by atoms with Crippen LogP contribution in [0.15, 0.2) is 146 Å². The lowest BCUT2D eigenvalue weighted by molar-refractivity contribution is 0.273.